The van der Waals surface area contributed by atoms with Gasteiger partial charge in [-0.25, -0.2) is 4.98 Å². The summed E-state index contributed by atoms with van der Waals surface area (Å²) >= 11 is 0. The molecule has 6 nitrogen and oxygen atoms in total. The highest BCUT2D eigenvalue weighted by molar-refractivity contribution is 6.03. The van der Waals surface area contributed by atoms with E-state index in [-0.39, 0.29) is 18.4 Å². The molecular weight excluding hydrogens is 414 g/mol. The number of amides is 2. The van der Waals surface area contributed by atoms with Crippen molar-refractivity contribution >= 4 is 17.5 Å². The van der Waals surface area contributed by atoms with Crippen molar-refractivity contribution in [1.82, 2.24) is 10.3 Å². The molecule has 2 amide bonds. The van der Waals surface area contributed by atoms with Crippen LogP contribution >= 0.6 is 0 Å². The van der Waals surface area contributed by atoms with Crippen LogP contribution in [0.15, 0.2) is 77.3 Å². The van der Waals surface area contributed by atoms with Crippen LogP contribution in [0.1, 0.15) is 27.0 Å². The third-order valence-electron chi connectivity index (χ3n) is 5.32. The minimum Gasteiger partial charge on any atom is -0.436 e. The number of oxazole rings is 1. The number of hydrogen-bond acceptors (Lipinski definition) is 4. The molecule has 4 rings (SSSR count). The summed E-state index contributed by atoms with van der Waals surface area (Å²) in [5.41, 5.74) is 5.71. The summed E-state index contributed by atoms with van der Waals surface area (Å²) in [5.74, 6) is 0.287. The Morgan fingerprint density at radius 1 is 0.909 bits per heavy atom. The van der Waals surface area contributed by atoms with Gasteiger partial charge in [-0.15, -0.1) is 0 Å². The first-order valence-corrected chi connectivity index (χ1v) is 10.7. The van der Waals surface area contributed by atoms with Crippen LogP contribution in [0.2, 0.25) is 0 Å². The summed E-state index contributed by atoms with van der Waals surface area (Å²) in [4.78, 5) is 29.7. The maximum absolute atomic E-state index is 12.9. The highest BCUT2D eigenvalue weighted by Gasteiger charge is 2.18. The van der Waals surface area contributed by atoms with Crippen molar-refractivity contribution in [1.29, 1.82) is 0 Å². The molecule has 33 heavy (non-hydrogen) atoms. The van der Waals surface area contributed by atoms with E-state index < -0.39 is 0 Å². The maximum Gasteiger partial charge on any atom is 0.252 e. The van der Waals surface area contributed by atoms with Crippen LogP contribution in [0.3, 0.4) is 0 Å². The zero-order valence-corrected chi connectivity index (χ0v) is 18.8. The molecule has 0 aliphatic rings. The Morgan fingerprint density at radius 3 is 2.30 bits per heavy atom. The fraction of sp³-hybridized carbons (Fsp3) is 0.148. The number of benzene rings is 3. The number of anilines is 1. The third kappa shape index (κ3) is 5.01. The van der Waals surface area contributed by atoms with Crippen LogP contribution < -0.4 is 10.6 Å². The van der Waals surface area contributed by atoms with Gasteiger partial charge in [0.05, 0.1) is 18.3 Å². The Balaban J connectivity index is 1.47. The standard InChI is InChI=1S/C27H25N3O3/c1-17-13-18(2)25(19(3)14-17)30-24(31)16-28-26(32)21-11-7-8-12-22(21)27-29-15-23(33-27)20-9-5-4-6-10-20/h4-15H,16H2,1-3H3,(H,28,32)(H,30,31). The topological polar surface area (TPSA) is 84.2 Å². The summed E-state index contributed by atoms with van der Waals surface area (Å²) in [6, 6.07) is 20.7. The average molecular weight is 440 g/mol. The van der Waals surface area contributed by atoms with Crippen LogP contribution in [0.4, 0.5) is 5.69 Å². The molecule has 0 aliphatic heterocycles. The van der Waals surface area contributed by atoms with Gasteiger partial charge in [0.2, 0.25) is 11.8 Å². The molecule has 0 saturated carbocycles. The molecule has 0 unspecified atom stereocenters. The second-order valence-corrected chi connectivity index (χ2v) is 7.95. The molecule has 0 bridgehead atoms. The average Bonchev–Trinajstić information content (AvgIpc) is 3.31. The second-order valence-electron chi connectivity index (χ2n) is 7.95. The number of rotatable bonds is 6. The van der Waals surface area contributed by atoms with Crippen molar-refractivity contribution in [2.45, 2.75) is 20.8 Å². The van der Waals surface area contributed by atoms with Crippen molar-refractivity contribution < 1.29 is 14.0 Å². The first kappa shape index (κ1) is 22.0. The molecule has 1 aromatic heterocycles. The van der Waals surface area contributed by atoms with Gasteiger partial charge < -0.3 is 15.1 Å². The number of aromatic nitrogens is 1. The minimum absolute atomic E-state index is 0.152. The number of nitrogens with one attached hydrogen (secondary N) is 2. The van der Waals surface area contributed by atoms with E-state index in [0.717, 1.165) is 27.9 Å². The van der Waals surface area contributed by atoms with Gasteiger partial charge in [0.1, 0.15) is 0 Å². The van der Waals surface area contributed by atoms with E-state index >= 15 is 0 Å². The van der Waals surface area contributed by atoms with Crippen molar-refractivity contribution in [3.63, 3.8) is 0 Å². The van der Waals surface area contributed by atoms with E-state index in [1.807, 2.05) is 69.3 Å². The van der Waals surface area contributed by atoms with E-state index in [1.165, 1.54) is 0 Å². The Hall–Kier alpha value is -4.19. The number of hydrogen-bond donors (Lipinski definition) is 2. The van der Waals surface area contributed by atoms with Crippen molar-refractivity contribution in [2.75, 3.05) is 11.9 Å². The predicted octanol–water partition coefficient (Wildman–Crippen LogP) is 5.30. The monoisotopic (exact) mass is 439 g/mol. The third-order valence-corrected chi connectivity index (χ3v) is 5.32. The van der Waals surface area contributed by atoms with Gasteiger partial charge in [-0.3, -0.25) is 9.59 Å². The van der Waals surface area contributed by atoms with Crippen LogP contribution in [-0.2, 0) is 4.79 Å². The van der Waals surface area contributed by atoms with Gasteiger partial charge in [-0.05, 0) is 44.0 Å². The molecule has 4 aromatic rings. The highest BCUT2D eigenvalue weighted by Crippen LogP contribution is 2.28. The van der Waals surface area contributed by atoms with Gasteiger partial charge in [-0.1, -0.05) is 60.2 Å². The first-order valence-electron chi connectivity index (χ1n) is 10.7. The minimum atomic E-state index is -0.377. The molecule has 166 valence electrons. The lowest BCUT2D eigenvalue weighted by Gasteiger charge is -2.13. The molecule has 6 heteroatoms. The van der Waals surface area contributed by atoms with Crippen molar-refractivity contribution in [3.05, 3.63) is 95.2 Å². The van der Waals surface area contributed by atoms with E-state index in [0.29, 0.717) is 22.8 Å². The predicted molar refractivity (Wildman–Crippen MR) is 129 cm³/mol. The number of aryl methyl sites for hydroxylation is 3. The highest BCUT2D eigenvalue weighted by atomic mass is 16.4. The molecule has 2 N–H and O–H groups in total. The zero-order valence-electron chi connectivity index (χ0n) is 18.8. The van der Waals surface area contributed by atoms with E-state index in [2.05, 4.69) is 15.6 Å². The van der Waals surface area contributed by atoms with Crippen molar-refractivity contribution in [3.8, 4) is 22.8 Å². The van der Waals surface area contributed by atoms with Gasteiger partial charge in [0.25, 0.3) is 5.91 Å². The van der Waals surface area contributed by atoms with E-state index in [4.69, 9.17) is 4.42 Å². The maximum atomic E-state index is 12.9. The molecule has 0 aliphatic carbocycles. The van der Waals surface area contributed by atoms with Gasteiger partial charge in [0.15, 0.2) is 5.76 Å². The molecule has 3 aromatic carbocycles. The quantitative estimate of drug-likeness (QED) is 0.427. The van der Waals surface area contributed by atoms with Gasteiger partial charge in [0, 0.05) is 16.8 Å². The SMILES string of the molecule is Cc1cc(C)c(NC(=O)CNC(=O)c2ccccc2-c2ncc(-c3ccccc3)o2)c(C)c1. The van der Waals surface area contributed by atoms with Crippen LogP contribution in [0.25, 0.3) is 22.8 Å². The summed E-state index contributed by atoms with van der Waals surface area (Å²) in [6.45, 7) is 5.76. The summed E-state index contributed by atoms with van der Waals surface area (Å²) < 4.78 is 5.92. The lowest BCUT2D eigenvalue weighted by Crippen LogP contribution is -2.33. The second kappa shape index (κ2) is 9.53. The molecule has 0 radical (unpaired) electrons. The summed E-state index contributed by atoms with van der Waals surface area (Å²) in [5, 5.41) is 5.59. The van der Waals surface area contributed by atoms with Gasteiger partial charge in [-0.2, -0.15) is 0 Å². The first-order chi connectivity index (χ1) is 15.9. The van der Waals surface area contributed by atoms with Crippen LogP contribution in [-0.4, -0.2) is 23.3 Å². The molecule has 0 fully saturated rings. The van der Waals surface area contributed by atoms with E-state index in [1.54, 1.807) is 24.4 Å². The summed E-state index contributed by atoms with van der Waals surface area (Å²) in [7, 11) is 0. The molecular formula is C27H25N3O3. The van der Waals surface area contributed by atoms with Crippen LogP contribution in [0, 0.1) is 20.8 Å². The number of carbonyl (C=O) groups excluding carboxylic acids is 2. The smallest absolute Gasteiger partial charge is 0.252 e. The fourth-order valence-electron chi connectivity index (χ4n) is 3.82. The molecule has 0 saturated heterocycles. The molecule has 0 atom stereocenters. The van der Waals surface area contributed by atoms with Gasteiger partial charge >= 0.3 is 0 Å². The fourth-order valence-corrected chi connectivity index (χ4v) is 3.82. The Kier molecular flexibility index (Phi) is 6.36. The Labute approximate surface area is 192 Å². The normalized spacial score (nSPS) is 10.6. The van der Waals surface area contributed by atoms with Crippen molar-refractivity contribution in [2.24, 2.45) is 0 Å². The lowest BCUT2D eigenvalue weighted by molar-refractivity contribution is -0.115. The summed E-state index contributed by atoms with van der Waals surface area (Å²) in [6.07, 6.45) is 1.64. The lowest BCUT2D eigenvalue weighted by atomic mass is 10.1. The Morgan fingerprint density at radius 2 is 1.58 bits per heavy atom. The molecule has 0 spiro atoms. The molecule has 1 heterocycles. The zero-order chi connectivity index (χ0) is 23.4. The Bertz CT molecular complexity index is 1290. The van der Waals surface area contributed by atoms with E-state index in [9.17, 15) is 9.59 Å². The number of nitrogens with zero attached hydrogens (tertiary/aromatic N) is 1. The number of carbonyl (C=O) groups is 2. The largest absolute Gasteiger partial charge is 0.436 e. The van der Waals surface area contributed by atoms with Crippen LogP contribution in [0.5, 0.6) is 0 Å².